The Bertz CT molecular complexity index is 422. The van der Waals surface area contributed by atoms with E-state index in [1.165, 1.54) is 6.26 Å². The summed E-state index contributed by atoms with van der Waals surface area (Å²) >= 11 is 0. The van der Waals surface area contributed by atoms with Gasteiger partial charge in [0, 0.05) is 12.0 Å². The summed E-state index contributed by atoms with van der Waals surface area (Å²) in [4.78, 5) is 0. The lowest BCUT2D eigenvalue weighted by Gasteiger charge is -2.22. The fraction of sp³-hybridized carbons (Fsp3) is 0.909. The first-order chi connectivity index (χ1) is 7.60. The van der Waals surface area contributed by atoms with E-state index in [1.807, 2.05) is 20.8 Å². The summed E-state index contributed by atoms with van der Waals surface area (Å²) in [6.07, 6.45) is 3.81. The monoisotopic (exact) mass is 279 g/mol. The number of rotatable bonds is 2. The van der Waals surface area contributed by atoms with E-state index in [9.17, 15) is 12.6 Å². The van der Waals surface area contributed by atoms with Gasteiger partial charge in [0.05, 0.1) is 10.00 Å². The van der Waals surface area contributed by atoms with Crippen LogP contribution in [0.15, 0.2) is 4.40 Å². The number of sulfone groups is 1. The molecule has 0 saturated heterocycles. The average molecular weight is 279 g/mol. The first kappa shape index (κ1) is 14.8. The summed E-state index contributed by atoms with van der Waals surface area (Å²) < 4.78 is 38.4. The maximum Gasteiger partial charge on any atom is 0.150 e. The molecule has 1 aliphatic rings. The van der Waals surface area contributed by atoms with Gasteiger partial charge in [0.2, 0.25) is 0 Å². The number of hydrogen-bond donors (Lipinski definition) is 0. The van der Waals surface area contributed by atoms with Crippen LogP contribution in [0.3, 0.4) is 0 Å². The third-order valence-corrected chi connectivity index (χ3v) is 6.01. The minimum absolute atomic E-state index is 0.246. The molecule has 0 aromatic rings. The Balaban J connectivity index is 2.65. The Morgan fingerprint density at radius 3 is 2.06 bits per heavy atom. The third kappa shape index (κ3) is 4.50. The van der Waals surface area contributed by atoms with Crippen LogP contribution in [0.5, 0.6) is 0 Å². The Morgan fingerprint density at radius 2 is 1.71 bits per heavy atom. The summed E-state index contributed by atoms with van der Waals surface area (Å²) in [5, 5.41) is -0.246. The number of hydrogen-bond acceptors (Lipinski definition) is 3. The number of nitrogens with zero attached hydrogens (tertiary/aromatic N) is 1. The maximum absolute atomic E-state index is 11.8. The van der Waals surface area contributed by atoms with Gasteiger partial charge >= 0.3 is 0 Å². The van der Waals surface area contributed by atoms with Gasteiger partial charge < -0.3 is 0 Å². The Kier molecular flexibility index (Phi) is 4.52. The second-order valence-corrected chi connectivity index (χ2v) is 9.78. The molecule has 0 amide bonds. The second kappa shape index (κ2) is 5.18. The normalized spacial score (nSPS) is 24.5. The molecule has 4 nitrogen and oxygen atoms in total. The first-order valence-electron chi connectivity index (χ1n) is 5.78. The van der Waals surface area contributed by atoms with Gasteiger partial charge in [-0.15, -0.1) is 0 Å². The van der Waals surface area contributed by atoms with Gasteiger partial charge in [0.1, 0.15) is 20.8 Å². The average Bonchev–Trinajstić information content (AvgIpc) is 2.15. The van der Waals surface area contributed by atoms with Crippen molar-refractivity contribution in [3.8, 4) is 0 Å². The van der Waals surface area contributed by atoms with E-state index >= 15 is 0 Å². The van der Waals surface area contributed by atoms with Crippen molar-refractivity contribution in [3.63, 3.8) is 0 Å². The molecular weight excluding hydrogens is 258 g/mol. The third-order valence-electron chi connectivity index (χ3n) is 2.85. The summed E-state index contributed by atoms with van der Waals surface area (Å²) in [5.74, 6) is 0. The predicted octanol–water partition coefficient (Wildman–Crippen LogP) is 1.88. The van der Waals surface area contributed by atoms with Crippen molar-refractivity contribution in [1.29, 1.82) is 0 Å². The highest BCUT2D eigenvalue weighted by molar-refractivity contribution is 7.91. The lowest BCUT2D eigenvalue weighted by molar-refractivity contribution is 0.562. The van der Waals surface area contributed by atoms with Crippen LogP contribution in [-0.4, -0.2) is 34.6 Å². The Morgan fingerprint density at radius 1 is 1.24 bits per heavy atom. The minimum Gasteiger partial charge on any atom is -0.234 e. The molecule has 0 unspecified atom stereocenters. The van der Waals surface area contributed by atoms with Crippen LogP contribution in [0.1, 0.15) is 46.5 Å². The highest BCUT2D eigenvalue weighted by Gasteiger charge is 2.27. The molecule has 1 fully saturated rings. The fourth-order valence-electron chi connectivity index (χ4n) is 1.70. The molecular formula is C11H21NO3S2. The standard InChI is InChI=1S/C11H21NO3S2/c1-11(2,3)16(13)12-9-5-7-10(8-6-9)17(4,14)15/h10H,5-8H2,1-4H3/t10?,16-/m1/s1. The fourth-order valence-corrected chi connectivity index (χ4v) is 3.48. The molecule has 0 N–H and O–H groups in total. The van der Waals surface area contributed by atoms with E-state index < -0.39 is 20.8 Å². The van der Waals surface area contributed by atoms with Gasteiger partial charge in [-0.25, -0.2) is 12.6 Å². The van der Waals surface area contributed by atoms with E-state index in [0.717, 1.165) is 5.71 Å². The van der Waals surface area contributed by atoms with Gasteiger partial charge in [-0.2, -0.15) is 4.40 Å². The van der Waals surface area contributed by atoms with Crippen molar-refractivity contribution < 1.29 is 12.6 Å². The van der Waals surface area contributed by atoms with Crippen molar-refractivity contribution in [3.05, 3.63) is 0 Å². The largest absolute Gasteiger partial charge is 0.234 e. The van der Waals surface area contributed by atoms with Crippen LogP contribution in [-0.2, 0) is 20.8 Å². The van der Waals surface area contributed by atoms with Crippen molar-refractivity contribution in [1.82, 2.24) is 0 Å². The van der Waals surface area contributed by atoms with Crippen LogP contribution in [0, 0.1) is 0 Å². The maximum atomic E-state index is 11.8. The predicted molar refractivity (Wildman–Crippen MR) is 72.4 cm³/mol. The van der Waals surface area contributed by atoms with E-state index in [2.05, 4.69) is 4.40 Å². The van der Waals surface area contributed by atoms with Crippen LogP contribution >= 0.6 is 0 Å². The van der Waals surface area contributed by atoms with Gasteiger partial charge in [-0.05, 0) is 46.5 Å². The SMILES string of the molecule is CC(C)(C)[S@@](=O)N=C1CCC(S(C)(=O)=O)CC1. The summed E-state index contributed by atoms with van der Waals surface area (Å²) in [7, 11) is -4.17. The summed E-state index contributed by atoms with van der Waals surface area (Å²) in [6.45, 7) is 5.65. The molecule has 17 heavy (non-hydrogen) atoms. The minimum atomic E-state index is -2.94. The van der Waals surface area contributed by atoms with Crippen LogP contribution < -0.4 is 0 Å². The molecule has 1 aliphatic carbocycles. The zero-order valence-corrected chi connectivity index (χ0v) is 12.5. The molecule has 0 aromatic heterocycles. The molecule has 0 spiro atoms. The molecule has 0 heterocycles. The molecule has 0 radical (unpaired) electrons. The molecule has 0 aliphatic heterocycles. The zero-order valence-electron chi connectivity index (χ0n) is 10.9. The molecule has 0 bridgehead atoms. The highest BCUT2D eigenvalue weighted by Crippen LogP contribution is 2.23. The first-order valence-corrected chi connectivity index (χ1v) is 8.84. The molecule has 100 valence electrons. The van der Waals surface area contributed by atoms with Crippen molar-refractivity contribution >= 4 is 26.5 Å². The Hall–Kier alpha value is -0.230. The molecule has 0 aromatic carbocycles. The van der Waals surface area contributed by atoms with E-state index in [1.54, 1.807) is 0 Å². The lowest BCUT2D eigenvalue weighted by Crippen LogP contribution is -2.27. The van der Waals surface area contributed by atoms with Gasteiger partial charge in [-0.3, -0.25) is 0 Å². The van der Waals surface area contributed by atoms with E-state index in [0.29, 0.717) is 25.7 Å². The summed E-state index contributed by atoms with van der Waals surface area (Å²) in [6, 6.07) is 0. The quantitative estimate of drug-likeness (QED) is 0.775. The second-order valence-electron chi connectivity index (χ2n) is 5.55. The highest BCUT2D eigenvalue weighted by atomic mass is 32.2. The van der Waals surface area contributed by atoms with E-state index in [-0.39, 0.29) is 10.00 Å². The van der Waals surface area contributed by atoms with Crippen molar-refractivity contribution in [2.24, 2.45) is 4.40 Å². The molecule has 6 heteroatoms. The van der Waals surface area contributed by atoms with Crippen molar-refractivity contribution in [2.75, 3.05) is 6.26 Å². The van der Waals surface area contributed by atoms with Crippen LogP contribution in [0.2, 0.25) is 0 Å². The molecule has 1 saturated carbocycles. The van der Waals surface area contributed by atoms with E-state index in [4.69, 9.17) is 0 Å². The van der Waals surface area contributed by atoms with Gasteiger partial charge in [0.15, 0.2) is 0 Å². The van der Waals surface area contributed by atoms with Gasteiger partial charge in [-0.1, -0.05) is 0 Å². The van der Waals surface area contributed by atoms with Crippen molar-refractivity contribution in [2.45, 2.75) is 56.5 Å². The van der Waals surface area contributed by atoms with Crippen LogP contribution in [0.4, 0.5) is 0 Å². The lowest BCUT2D eigenvalue weighted by atomic mass is 9.98. The molecule has 1 atom stereocenters. The Labute approximate surface area is 106 Å². The molecule has 1 rings (SSSR count). The van der Waals surface area contributed by atoms with Gasteiger partial charge in [0.25, 0.3) is 0 Å². The zero-order chi connectivity index (χ0) is 13.3. The smallest absolute Gasteiger partial charge is 0.150 e. The van der Waals surface area contributed by atoms with Crippen LogP contribution in [0.25, 0.3) is 0 Å². The summed E-state index contributed by atoms with van der Waals surface area (Å²) in [5.41, 5.74) is 0.901. The topological polar surface area (TPSA) is 63.6 Å².